The lowest BCUT2D eigenvalue weighted by molar-refractivity contribution is 0.246. The molecule has 0 radical (unpaired) electrons. The van der Waals surface area contributed by atoms with Crippen LogP contribution in [0.4, 0.5) is 0 Å². The van der Waals surface area contributed by atoms with Crippen molar-refractivity contribution in [2.24, 2.45) is 5.92 Å². The topological polar surface area (TPSA) is 48.0 Å². The fourth-order valence-electron chi connectivity index (χ4n) is 3.90. The lowest BCUT2D eigenvalue weighted by Crippen LogP contribution is -2.30. The zero-order chi connectivity index (χ0) is 17.1. The van der Waals surface area contributed by atoms with Crippen molar-refractivity contribution in [3.05, 3.63) is 60.3 Å². The number of H-pyrrole nitrogens is 1. The fraction of sp³-hybridized carbons (Fsp3) is 0.400. The number of nitrogens with one attached hydrogen (secondary N) is 1. The molecule has 0 spiro atoms. The Labute approximate surface area is 148 Å². The van der Waals surface area contributed by atoms with Gasteiger partial charge in [0.25, 0.3) is 0 Å². The highest BCUT2D eigenvalue weighted by Gasteiger charge is 2.22. The normalized spacial score (nSPS) is 20.0. The van der Waals surface area contributed by atoms with Gasteiger partial charge in [0.15, 0.2) is 0 Å². The van der Waals surface area contributed by atoms with Crippen molar-refractivity contribution in [1.29, 1.82) is 0 Å². The molecule has 130 valence electrons. The Balaban J connectivity index is 1.53. The van der Waals surface area contributed by atoms with Crippen LogP contribution in [-0.2, 0) is 13.0 Å². The minimum Gasteiger partial charge on any atom is -0.347 e. The summed E-state index contributed by atoms with van der Waals surface area (Å²) >= 11 is 0. The predicted octanol–water partition coefficient (Wildman–Crippen LogP) is 2.56. The van der Waals surface area contributed by atoms with Crippen LogP contribution in [-0.4, -0.2) is 58.0 Å². The molecule has 0 bridgehead atoms. The summed E-state index contributed by atoms with van der Waals surface area (Å²) in [4.78, 5) is 16.9. The number of aromatic nitrogens is 3. The maximum absolute atomic E-state index is 4.50. The van der Waals surface area contributed by atoms with Gasteiger partial charge in [-0.2, -0.15) is 0 Å². The van der Waals surface area contributed by atoms with Crippen LogP contribution >= 0.6 is 0 Å². The summed E-state index contributed by atoms with van der Waals surface area (Å²) in [7, 11) is 2.23. The molecule has 5 heteroatoms. The van der Waals surface area contributed by atoms with Crippen molar-refractivity contribution >= 4 is 10.9 Å². The van der Waals surface area contributed by atoms with Crippen molar-refractivity contribution in [1.82, 2.24) is 24.8 Å². The molecule has 0 amide bonds. The van der Waals surface area contributed by atoms with Gasteiger partial charge < -0.3 is 9.88 Å². The van der Waals surface area contributed by atoms with E-state index >= 15 is 0 Å². The van der Waals surface area contributed by atoms with Crippen LogP contribution in [0.25, 0.3) is 10.9 Å². The third-order valence-electron chi connectivity index (χ3n) is 5.08. The highest BCUT2D eigenvalue weighted by Crippen LogP contribution is 2.22. The van der Waals surface area contributed by atoms with E-state index < -0.39 is 0 Å². The summed E-state index contributed by atoms with van der Waals surface area (Å²) in [6.07, 6.45) is 6.66. The van der Waals surface area contributed by atoms with Gasteiger partial charge in [0.1, 0.15) is 0 Å². The number of imidazole rings is 1. The zero-order valence-corrected chi connectivity index (χ0v) is 14.7. The number of hydrogen-bond donors (Lipinski definition) is 1. The molecule has 1 aliphatic rings. The van der Waals surface area contributed by atoms with E-state index in [1.165, 1.54) is 16.6 Å². The quantitative estimate of drug-likeness (QED) is 0.796. The standard InChI is InChI=1S/C20H25N5/c1-24-8-9-25(14-18-11-21-15-23-18)13-16(12-24)10-17-4-2-6-20-19(17)5-3-7-22-20/h2-7,11,15-16H,8-10,12-14H2,1H3,(H,21,23). The Morgan fingerprint density at radius 3 is 3.00 bits per heavy atom. The summed E-state index contributed by atoms with van der Waals surface area (Å²) in [5.41, 5.74) is 3.70. The molecule has 1 aromatic carbocycles. The van der Waals surface area contributed by atoms with Gasteiger partial charge in [-0.05, 0) is 37.1 Å². The minimum atomic E-state index is 0.612. The fourth-order valence-corrected chi connectivity index (χ4v) is 3.90. The smallest absolute Gasteiger partial charge is 0.0922 e. The molecule has 1 unspecified atom stereocenters. The van der Waals surface area contributed by atoms with E-state index in [4.69, 9.17) is 0 Å². The molecule has 4 rings (SSSR count). The van der Waals surface area contributed by atoms with E-state index in [-0.39, 0.29) is 0 Å². The van der Waals surface area contributed by atoms with Crippen molar-refractivity contribution in [3.63, 3.8) is 0 Å². The number of fused-ring (bicyclic) bond motifs is 1. The van der Waals surface area contributed by atoms with Gasteiger partial charge in [-0.15, -0.1) is 0 Å². The number of nitrogens with zero attached hydrogens (tertiary/aromatic N) is 4. The van der Waals surface area contributed by atoms with Gasteiger partial charge in [0, 0.05) is 56.2 Å². The van der Waals surface area contributed by atoms with Crippen LogP contribution in [0.1, 0.15) is 11.3 Å². The molecule has 1 fully saturated rings. The molecule has 1 atom stereocenters. The molecular formula is C20H25N5. The number of likely N-dealkylation sites (N-methyl/N-ethyl adjacent to an activating group) is 1. The lowest BCUT2D eigenvalue weighted by atomic mass is 9.95. The lowest BCUT2D eigenvalue weighted by Gasteiger charge is -2.24. The molecule has 3 heterocycles. The Morgan fingerprint density at radius 1 is 1.16 bits per heavy atom. The average Bonchev–Trinajstić information content (AvgIpc) is 3.06. The van der Waals surface area contributed by atoms with Crippen molar-refractivity contribution < 1.29 is 0 Å². The number of rotatable bonds is 4. The van der Waals surface area contributed by atoms with Crippen LogP contribution in [0.15, 0.2) is 49.1 Å². The monoisotopic (exact) mass is 335 g/mol. The van der Waals surface area contributed by atoms with E-state index in [1.807, 2.05) is 18.5 Å². The molecule has 2 aromatic heterocycles. The summed E-state index contributed by atoms with van der Waals surface area (Å²) in [5.74, 6) is 0.612. The van der Waals surface area contributed by atoms with Crippen LogP contribution in [0.3, 0.4) is 0 Å². The second kappa shape index (κ2) is 7.33. The highest BCUT2D eigenvalue weighted by molar-refractivity contribution is 5.81. The summed E-state index contributed by atoms with van der Waals surface area (Å²) in [5, 5.41) is 1.29. The van der Waals surface area contributed by atoms with Gasteiger partial charge >= 0.3 is 0 Å². The van der Waals surface area contributed by atoms with Gasteiger partial charge in [-0.25, -0.2) is 4.98 Å². The Morgan fingerprint density at radius 2 is 2.12 bits per heavy atom. The van der Waals surface area contributed by atoms with Crippen LogP contribution < -0.4 is 0 Å². The number of pyridine rings is 1. The van der Waals surface area contributed by atoms with Crippen molar-refractivity contribution in [2.75, 3.05) is 33.2 Å². The number of aromatic amines is 1. The average molecular weight is 335 g/mol. The predicted molar refractivity (Wildman–Crippen MR) is 100 cm³/mol. The van der Waals surface area contributed by atoms with E-state index in [2.05, 4.69) is 56.1 Å². The van der Waals surface area contributed by atoms with Gasteiger partial charge in [0.2, 0.25) is 0 Å². The zero-order valence-electron chi connectivity index (χ0n) is 14.7. The van der Waals surface area contributed by atoms with Crippen molar-refractivity contribution in [3.8, 4) is 0 Å². The van der Waals surface area contributed by atoms with Crippen LogP contribution in [0, 0.1) is 5.92 Å². The largest absolute Gasteiger partial charge is 0.347 e. The third-order valence-corrected chi connectivity index (χ3v) is 5.08. The molecule has 0 aliphatic carbocycles. The Hall–Kier alpha value is -2.24. The summed E-state index contributed by atoms with van der Waals surface area (Å²) in [6, 6.07) is 10.7. The summed E-state index contributed by atoms with van der Waals surface area (Å²) in [6.45, 7) is 5.41. The minimum absolute atomic E-state index is 0.612. The Kier molecular flexibility index (Phi) is 4.76. The first-order valence-electron chi connectivity index (χ1n) is 8.99. The number of benzene rings is 1. The highest BCUT2D eigenvalue weighted by atomic mass is 15.2. The second-order valence-electron chi connectivity index (χ2n) is 7.13. The Bertz CT molecular complexity index is 809. The van der Waals surface area contributed by atoms with Gasteiger partial charge in [-0.1, -0.05) is 18.2 Å². The first kappa shape index (κ1) is 16.2. The molecule has 1 N–H and O–H groups in total. The van der Waals surface area contributed by atoms with Crippen LogP contribution in [0.2, 0.25) is 0 Å². The summed E-state index contributed by atoms with van der Waals surface area (Å²) < 4.78 is 0. The molecule has 3 aromatic rings. The van der Waals surface area contributed by atoms with Crippen LogP contribution in [0.5, 0.6) is 0 Å². The van der Waals surface area contributed by atoms with Gasteiger partial charge in [0.05, 0.1) is 11.8 Å². The molecule has 1 saturated heterocycles. The maximum atomic E-state index is 4.50. The molecule has 0 saturated carbocycles. The molecular weight excluding hydrogens is 310 g/mol. The van der Waals surface area contributed by atoms with E-state index in [9.17, 15) is 0 Å². The second-order valence-corrected chi connectivity index (χ2v) is 7.13. The first-order chi connectivity index (χ1) is 12.3. The molecule has 1 aliphatic heterocycles. The van der Waals surface area contributed by atoms with Gasteiger partial charge in [-0.3, -0.25) is 9.88 Å². The first-order valence-corrected chi connectivity index (χ1v) is 8.99. The van der Waals surface area contributed by atoms with E-state index in [0.29, 0.717) is 5.92 Å². The van der Waals surface area contributed by atoms with E-state index in [0.717, 1.165) is 44.7 Å². The molecule has 25 heavy (non-hydrogen) atoms. The maximum Gasteiger partial charge on any atom is 0.0922 e. The SMILES string of the molecule is CN1CCN(Cc2cnc[nH]2)CC(Cc2cccc3ncccc23)C1. The van der Waals surface area contributed by atoms with E-state index in [1.54, 1.807) is 6.33 Å². The number of hydrogen-bond acceptors (Lipinski definition) is 4. The molecule has 5 nitrogen and oxygen atoms in total. The third kappa shape index (κ3) is 3.89. The van der Waals surface area contributed by atoms with Crippen molar-refractivity contribution in [2.45, 2.75) is 13.0 Å².